The number of aryl methyl sites for hydroxylation is 1. The van der Waals surface area contributed by atoms with E-state index in [4.69, 9.17) is 16.3 Å². The number of ether oxygens (including phenoxy) is 1. The van der Waals surface area contributed by atoms with E-state index >= 15 is 0 Å². The van der Waals surface area contributed by atoms with Crippen molar-refractivity contribution in [2.24, 2.45) is 0 Å². The maximum absolute atomic E-state index is 11.4. The molecule has 0 unspecified atom stereocenters. The lowest BCUT2D eigenvalue weighted by Crippen LogP contribution is -2.18. The van der Waals surface area contributed by atoms with Crippen molar-refractivity contribution in [2.75, 3.05) is 20.7 Å². The maximum atomic E-state index is 11.4. The van der Waals surface area contributed by atoms with Gasteiger partial charge in [-0.05, 0) is 37.2 Å². The summed E-state index contributed by atoms with van der Waals surface area (Å²) >= 11 is 5.90. The highest BCUT2D eigenvalue weighted by atomic mass is 35.5. The monoisotopic (exact) mass is 241 g/mol. The number of benzene rings is 1. The molecule has 16 heavy (non-hydrogen) atoms. The molecule has 1 N–H and O–H groups in total. The van der Waals surface area contributed by atoms with E-state index in [1.54, 1.807) is 20.2 Å². The van der Waals surface area contributed by atoms with Gasteiger partial charge in [-0.3, -0.25) is 4.79 Å². The number of halogens is 1. The summed E-state index contributed by atoms with van der Waals surface area (Å²) in [6.07, 6.45) is 1.15. The summed E-state index contributed by atoms with van der Waals surface area (Å²) in [6.45, 7) is 0.406. The van der Waals surface area contributed by atoms with Gasteiger partial charge in [0, 0.05) is 11.4 Å². The van der Waals surface area contributed by atoms with Crippen LogP contribution in [0.2, 0.25) is 5.02 Å². The highest BCUT2D eigenvalue weighted by Crippen LogP contribution is 2.23. The molecule has 1 aromatic carbocycles. The molecule has 0 aliphatic rings. The van der Waals surface area contributed by atoms with E-state index in [2.05, 4.69) is 5.32 Å². The number of methoxy groups -OCH3 is 1. The Bertz CT molecular complexity index is 366. The number of nitrogens with one attached hydrogen (secondary N) is 1. The SMILES string of the molecule is CNCC(=O)CCc1cc(Cl)ccc1OC. The second kappa shape index (κ2) is 6.51. The first-order valence-corrected chi connectivity index (χ1v) is 5.54. The standard InChI is InChI=1S/C12H16ClNO2/c1-14-8-11(15)5-3-9-7-10(13)4-6-12(9)16-2/h4,6-7,14H,3,5,8H2,1-2H3. The van der Waals surface area contributed by atoms with Crippen molar-refractivity contribution in [1.82, 2.24) is 5.32 Å². The van der Waals surface area contributed by atoms with Crippen LogP contribution in [0, 0.1) is 0 Å². The van der Waals surface area contributed by atoms with Crippen molar-refractivity contribution in [2.45, 2.75) is 12.8 Å². The Kier molecular flexibility index (Phi) is 5.29. The minimum atomic E-state index is 0.185. The van der Waals surface area contributed by atoms with Gasteiger partial charge in [0.15, 0.2) is 0 Å². The van der Waals surface area contributed by atoms with Crippen LogP contribution >= 0.6 is 11.6 Å². The van der Waals surface area contributed by atoms with Crippen LogP contribution in [0.4, 0.5) is 0 Å². The molecule has 88 valence electrons. The highest BCUT2D eigenvalue weighted by Gasteiger charge is 2.06. The first kappa shape index (κ1) is 13.0. The molecule has 0 saturated heterocycles. The molecule has 0 atom stereocenters. The van der Waals surface area contributed by atoms with Gasteiger partial charge in [0.05, 0.1) is 13.7 Å². The van der Waals surface area contributed by atoms with Crippen molar-refractivity contribution < 1.29 is 9.53 Å². The fourth-order valence-corrected chi connectivity index (χ4v) is 1.70. The topological polar surface area (TPSA) is 38.3 Å². The summed E-state index contributed by atoms with van der Waals surface area (Å²) < 4.78 is 5.21. The second-order valence-corrected chi connectivity index (χ2v) is 3.96. The van der Waals surface area contributed by atoms with Crippen LogP contribution in [-0.4, -0.2) is 26.5 Å². The van der Waals surface area contributed by atoms with Gasteiger partial charge in [0.1, 0.15) is 11.5 Å². The van der Waals surface area contributed by atoms with Crippen molar-refractivity contribution >= 4 is 17.4 Å². The van der Waals surface area contributed by atoms with E-state index in [9.17, 15) is 4.79 Å². The fourth-order valence-electron chi connectivity index (χ4n) is 1.50. The molecule has 0 radical (unpaired) electrons. The van der Waals surface area contributed by atoms with Crippen LogP contribution in [0.15, 0.2) is 18.2 Å². The molecule has 4 heteroatoms. The largest absolute Gasteiger partial charge is 0.496 e. The third-order valence-corrected chi connectivity index (χ3v) is 2.52. The summed E-state index contributed by atoms with van der Waals surface area (Å²) in [5.74, 6) is 0.964. The van der Waals surface area contributed by atoms with Crippen molar-refractivity contribution in [3.05, 3.63) is 28.8 Å². The van der Waals surface area contributed by atoms with E-state index in [0.717, 1.165) is 11.3 Å². The van der Waals surface area contributed by atoms with Crippen LogP contribution in [0.1, 0.15) is 12.0 Å². The number of ketones is 1. The van der Waals surface area contributed by atoms with Gasteiger partial charge in [-0.25, -0.2) is 0 Å². The van der Waals surface area contributed by atoms with Crippen LogP contribution in [-0.2, 0) is 11.2 Å². The molecule has 0 aliphatic carbocycles. The summed E-state index contributed by atoms with van der Waals surface area (Å²) in [5.41, 5.74) is 0.972. The normalized spacial score (nSPS) is 10.2. The van der Waals surface area contributed by atoms with Gasteiger partial charge in [-0.15, -0.1) is 0 Å². The Morgan fingerprint density at radius 3 is 2.88 bits per heavy atom. The summed E-state index contributed by atoms with van der Waals surface area (Å²) in [5, 5.41) is 3.50. The molecule has 1 rings (SSSR count). The lowest BCUT2D eigenvalue weighted by atomic mass is 10.1. The Labute approximate surface area is 101 Å². The zero-order valence-corrected chi connectivity index (χ0v) is 10.3. The predicted molar refractivity (Wildman–Crippen MR) is 65.3 cm³/mol. The van der Waals surface area contributed by atoms with Gasteiger partial charge >= 0.3 is 0 Å². The van der Waals surface area contributed by atoms with E-state index in [0.29, 0.717) is 24.4 Å². The van der Waals surface area contributed by atoms with Crippen LogP contribution in [0.3, 0.4) is 0 Å². The summed E-state index contributed by atoms with van der Waals surface area (Å²) in [7, 11) is 3.38. The molecule has 0 spiro atoms. The lowest BCUT2D eigenvalue weighted by molar-refractivity contribution is -0.118. The fraction of sp³-hybridized carbons (Fsp3) is 0.417. The third-order valence-electron chi connectivity index (χ3n) is 2.29. The summed E-state index contributed by atoms with van der Waals surface area (Å²) in [6, 6.07) is 5.44. The van der Waals surface area contributed by atoms with E-state index in [-0.39, 0.29) is 5.78 Å². The number of hydrogen-bond acceptors (Lipinski definition) is 3. The average molecular weight is 242 g/mol. The van der Waals surface area contributed by atoms with Crippen molar-refractivity contribution in [3.8, 4) is 5.75 Å². The van der Waals surface area contributed by atoms with Gasteiger partial charge in [-0.2, -0.15) is 0 Å². The lowest BCUT2D eigenvalue weighted by Gasteiger charge is -2.08. The van der Waals surface area contributed by atoms with Crippen LogP contribution < -0.4 is 10.1 Å². The number of hydrogen-bond donors (Lipinski definition) is 1. The van der Waals surface area contributed by atoms with Gasteiger partial charge in [0.25, 0.3) is 0 Å². The third kappa shape index (κ3) is 3.83. The molecule has 0 amide bonds. The molecular formula is C12H16ClNO2. The first-order valence-electron chi connectivity index (χ1n) is 5.16. The highest BCUT2D eigenvalue weighted by molar-refractivity contribution is 6.30. The van der Waals surface area contributed by atoms with Crippen molar-refractivity contribution in [3.63, 3.8) is 0 Å². The number of rotatable bonds is 6. The summed E-state index contributed by atoms with van der Waals surface area (Å²) in [4.78, 5) is 11.4. The zero-order valence-electron chi connectivity index (χ0n) is 9.55. The molecule has 0 heterocycles. The first-order chi connectivity index (χ1) is 7.67. The van der Waals surface area contributed by atoms with Gasteiger partial charge in [0.2, 0.25) is 0 Å². The minimum absolute atomic E-state index is 0.185. The maximum Gasteiger partial charge on any atom is 0.146 e. The van der Waals surface area contributed by atoms with E-state index in [1.165, 1.54) is 0 Å². The molecule has 3 nitrogen and oxygen atoms in total. The van der Waals surface area contributed by atoms with Crippen LogP contribution in [0.5, 0.6) is 5.75 Å². The second-order valence-electron chi connectivity index (χ2n) is 3.53. The molecule has 1 aromatic rings. The van der Waals surface area contributed by atoms with Crippen molar-refractivity contribution in [1.29, 1.82) is 0 Å². The van der Waals surface area contributed by atoms with E-state index in [1.807, 2.05) is 12.1 Å². The van der Waals surface area contributed by atoms with Gasteiger partial charge < -0.3 is 10.1 Å². The molecular weight excluding hydrogens is 226 g/mol. The number of likely N-dealkylation sites (N-methyl/N-ethyl adjacent to an activating group) is 1. The smallest absolute Gasteiger partial charge is 0.146 e. The molecule has 0 fully saturated rings. The molecule has 0 saturated carbocycles. The number of Topliss-reactive ketones (excluding diaryl/α,β-unsaturated/α-hetero) is 1. The average Bonchev–Trinajstić information content (AvgIpc) is 2.27. The minimum Gasteiger partial charge on any atom is -0.496 e. The van der Waals surface area contributed by atoms with Crippen LogP contribution in [0.25, 0.3) is 0 Å². The zero-order chi connectivity index (χ0) is 12.0. The Morgan fingerprint density at radius 2 is 2.25 bits per heavy atom. The molecule has 0 aromatic heterocycles. The molecule has 0 bridgehead atoms. The Balaban J connectivity index is 2.65. The number of carbonyl (C=O) groups is 1. The number of carbonyl (C=O) groups excluding carboxylic acids is 1. The Hall–Kier alpha value is -1.06. The van der Waals surface area contributed by atoms with Gasteiger partial charge in [-0.1, -0.05) is 11.6 Å². The Morgan fingerprint density at radius 1 is 1.50 bits per heavy atom. The molecule has 0 aliphatic heterocycles. The quantitative estimate of drug-likeness (QED) is 0.829. The van der Waals surface area contributed by atoms with E-state index < -0.39 is 0 Å². The predicted octanol–water partition coefficient (Wildman–Crippen LogP) is 2.07.